The maximum absolute atomic E-state index is 12.6. The van der Waals surface area contributed by atoms with Gasteiger partial charge in [-0.05, 0) is 43.0 Å². The maximum atomic E-state index is 12.6. The fourth-order valence-corrected chi connectivity index (χ4v) is 3.51. The Morgan fingerprint density at radius 1 is 1.32 bits per heavy atom. The Morgan fingerprint density at radius 2 is 2.14 bits per heavy atom. The molecule has 3 rings (SSSR count). The molecule has 1 saturated heterocycles. The van der Waals surface area contributed by atoms with Gasteiger partial charge in [0.15, 0.2) is 0 Å². The second-order valence-electron chi connectivity index (χ2n) is 6.05. The molecule has 1 aliphatic heterocycles. The SMILES string of the molecule is C=CC(=O)Nc1cccc(C(=O)N2C[C@H]3CC[C@@H](O)[C@H]3C2)c1. The lowest BCUT2D eigenvalue weighted by Crippen LogP contribution is -2.31. The molecule has 0 unspecified atom stereocenters. The largest absolute Gasteiger partial charge is 0.393 e. The molecule has 5 nitrogen and oxygen atoms in total. The first-order chi connectivity index (χ1) is 10.6. The van der Waals surface area contributed by atoms with Gasteiger partial charge in [0.1, 0.15) is 0 Å². The number of anilines is 1. The summed E-state index contributed by atoms with van der Waals surface area (Å²) < 4.78 is 0. The second kappa shape index (κ2) is 5.93. The van der Waals surface area contributed by atoms with Crippen molar-refractivity contribution in [1.29, 1.82) is 0 Å². The molecule has 1 aromatic carbocycles. The summed E-state index contributed by atoms with van der Waals surface area (Å²) in [6, 6.07) is 6.91. The minimum Gasteiger partial charge on any atom is -0.393 e. The number of benzene rings is 1. The summed E-state index contributed by atoms with van der Waals surface area (Å²) in [7, 11) is 0. The molecule has 2 aliphatic rings. The number of hydrogen-bond donors (Lipinski definition) is 2. The molecule has 0 aromatic heterocycles. The highest BCUT2D eigenvalue weighted by atomic mass is 16.3. The number of nitrogens with one attached hydrogen (secondary N) is 1. The lowest BCUT2D eigenvalue weighted by Gasteiger charge is -2.19. The summed E-state index contributed by atoms with van der Waals surface area (Å²) in [5.41, 5.74) is 1.13. The van der Waals surface area contributed by atoms with E-state index in [-0.39, 0.29) is 23.8 Å². The van der Waals surface area contributed by atoms with Crippen LogP contribution in [-0.2, 0) is 4.79 Å². The van der Waals surface area contributed by atoms with Crippen LogP contribution in [0.25, 0.3) is 0 Å². The molecule has 22 heavy (non-hydrogen) atoms. The molecular weight excluding hydrogens is 280 g/mol. The van der Waals surface area contributed by atoms with Crippen LogP contribution in [0.5, 0.6) is 0 Å². The first-order valence-electron chi connectivity index (χ1n) is 7.59. The molecule has 1 saturated carbocycles. The predicted octanol–water partition coefficient (Wildman–Crippen LogP) is 1.65. The lowest BCUT2D eigenvalue weighted by molar-refractivity contribution is -0.111. The van der Waals surface area contributed by atoms with Crippen LogP contribution in [-0.4, -0.2) is 41.0 Å². The summed E-state index contributed by atoms with van der Waals surface area (Å²) in [4.78, 5) is 25.8. The summed E-state index contributed by atoms with van der Waals surface area (Å²) in [6.07, 6.45) is 2.75. The van der Waals surface area contributed by atoms with Crippen molar-refractivity contribution in [1.82, 2.24) is 4.90 Å². The second-order valence-corrected chi connectivity index (χ2v) is 6.05. The number of rotatable bonds is 3. The van der Waals surface area contributed by atoms with E-state index in [1.807, 2.05) is 4.90 Å². The van der Waals surface area contributed by atoms with Crippen LogP contribution in [0.1, 0.15) is 23.2 Å². The Kier molecular flexibility index (Phi) is 3.98. The summed E-state index contributed by atoms with van der Waals surface area (Å²) in [5.74, 6) is 0.287. The molecule has 5 heteroatoms. The molecule has 1 heterocycles. The Labute approximate surface area is 129 Å². The molecule has 2 fully saturated rings. The minimum atomic E-state index is -0.302. The maximum Gasteiger partial charge on any atom is 0.253 e. The van der Waals surface area contributed by atoms with E-state index in [0.717, 1.165) is 12.8 Å². The molecule has 116 valence electrons. The average Bonchev–Trinajstić information content (AvgIpc) is 3.09. The third-order valence-electron chi connectivity index (χ3n) is 4.67. The Hall–Kier alpha value is -2.14. The van der Waals surface area contributed by atoms with E-state index in [1.165, 1.54) is 6.08 Å². The number of hydrogen-bond acceptors (Lipinski definition) is 3. The fraction of sp³-hybridized carbons (Fsp3) is 0.412. The summed E-state index contributed by atoms with van der Waals surface area (Å²) in [5, 5.41) is 12.6. The van der Waals surface area contributed by atoms with Crippen molar-refractivity contribution >= 4 is 17.5 Å². The number of likely N-dealkylation sites (tertiary alicyclic amines) is 1. The highest BCUT2D eigenvalue weighted by molar-refractivity contribution is 6.00. The van der Waals surface area contributed by atoms with Crippen LogP contribution in [0.2, 0.25) is 0 Å². The Morgan fingerprint density at radius 3 is 2.86 bits per heavy atom. The summed E-state index contributed by atoms with van der Waals surface area (Å²) >= 11 is 0. The predicted molar refractivity (Wildman–Crippen MR) is 83.4 cm³/mol. The molecule has 3 atom stereocenters. The first kappa shape index (κ1) is 14.8. The normalized spacial score (nSPS) is 26.6. The van der Waals surface area contributed by atoms with Crippen LogP contribution >= 0.6 is 0 Å². The number of fused-ring (bicyclic) bond motifs is 1. The standard InChI is InChI=1S/C17H20N2O3/c1-2-16(21)18-13-5-3-4-11(8-13)17(22)19-9-12-6-7-15(20)14(12)10-19/h2-5,8,12,14-15,20H,1,6-7,9-10H2,(H,18,21)/t12-,14+,15-/m1/s1. The van der Waals surface area contributed by atoms with E-state index in [2.05, 4.69) is 11.9 Å². The molecular formula is C17H20N2O3. The zero-order valence-electron chi connectivity index (χ0n) is 12.4. The van der Waals surface area contributed by atoms with Gasteiger partial charge in [0.05, 0.1) is 6.10 Å². The fourth-order valence-electron chi connectivity index (χ4n) is 3.51. The third-order valence-corrected chi connectivity index (χ3v) is 4.67. The highest BCUT2D eigenvalue weighted by Gasteiger charge is 2.43. The molecule has 1 aromatic rings. The van der Waals surface area contributed by atoms with Gasteiger partial charge in [-0.2, -0.15) is 0 Å². The zero-order chi connectivity index (χ0) is 15.7. The molecule has 0 bridgehead atoms. The van der Waals surface area contributed by atoms with Gasteiger partial charge in [0, 0.05) is 30.3 Å². The van der Waals surface area contributed by atoms with Crippen LogP contribution in [0.4, 0.5) is 5.69 Å². The van der Waals surface area contributed by atoms with Gasteiger partial charge in [0.25, 0.3) is 5.91 Å². The van der Waals surface area contributed by atoms with Gasteiger partial charge in [-0.1, -0.05) is 12.6 Å². The van der Waals surface area contributed by atoms with Gasteiger partial charge in [0.2, 0.25) is 5.91 Å². The smallest absolute Gasteiger partial charge is 0.253 e. The van der Waals surface area contributed by atoms with Crippen molar-refractivity contribution in [2.24, 2.45) is 11.8 Å². The summed E-state index contributed by atoms with van der Waals surface area (Å²) in [6.45, 7) is 4.74. The van der Waals surface area contributed by atoms with E-state index in [1.54, 1.807) is 24.3 Å². The number of aliphatic hydroxyl groups is 1. The highest BCUT2D eigenvalue weighted by Crippen LogP contribution is 2.38. The topological polar surface area (TPSA) is 69.6 Å². The average molecular weight is 300 g/mol. The van der Waals surface area contributed by atoms with E-state index in [9.17, 15) is 14.7 Å². The van der Waals surface area contributed by atoms with Gasteiger partial charge in [-0.25, -0.2) is 0 Å². The van der Waals surface area contributed by atoms with Gasteiger partial charge in [-0.3, -0.25) is 9.59 Å². The Bertz CT molecular complexity index is 614. The first-order valence-corrected chi connectivity index (χ1v) is 7.59. The third kappa shape index (κ3) is 2.76. The molecule has 0 radical (unpaired) electrons. The zero-order valence-corrected chi connectivity index (χ0v) is 12.4. The van der Waals surface area contributed by atoms with Crippen molar-refractivity contribution in [3.8, 4) is 0 Å². The minimum absolute atomic E-state index is 0.0451. The molecule has 0 spiro atoms. The molecule has 1 aliphatic carbocycles. The monoisotopic (exact) mass is 300 g/mol. The van der Waals surface area contributed by atoms with Crippen LogP contribution in [0.3, 0.4) is 0 Å². The Balaban J connectivity index is 1.71. The van der Waals surface area contributed by atoms with Gasteiger partial charge < -0.3 is 15.3 Å². The van der Waals surface area contributed by atoms with Crippen LogP contribution in [0.15, 0.2) is 36.9 Å². The van der Waals surface area contributed by atoms with E-state index in [4.69, 9.17) is 0 Å². The lowest BCUT2D eigenvalue weighted by atomic mass is 10.00. The van der Waals surface area contributed by atoms with Crippen molar-refractivity contribution in [3.05, 3.63) is 42.5 Å². The van der Waals surface area contributed by atoms with Crippen molar-refractivity contribution in [2.75, 3.05) is 18.4 Å². The number of nitrogens with zero attached hydrogens (tertiary/aromatic N) is 1. The van der Waals surface area contributed by atoms with Crippen LogP contribution in [0, 0.1) is 11.8 Å². The van der Waals surface area contributed by atoms with Gasteiger partial charge in [-0.15, -0.1) is 0 Å². The van der Waals surface area contributed by atoms with Crippen LogP contribution < -0.4 is 5.32 Å². The van der Waals surface area contributed by atoms with Crippen molar-refractivity contribution < 1.29 is 14.7 Å². The number of carbonyl (C=O) groups excluding carboxylic acids is 2. The van der Waals surface area contributed by atoms with Crippen molar-refractivity contribution in [3.63, 3.8) is 0 Å². The van der Waals surface area contributed by atoms with Gasteiger partial charge >= 0.3 is 0 Å². The number of carbonyl (C=O) groups is 2. The van der Waals surface area contributed by atoms with E-state index < -0.39 is 0 Å². The number of aliphatic hydroxyl groups excluding tert-OH is 1. The van der Waals surface area contributed by atoms with Crippen molar-refractivity contribution in [2.45, 2.75) is 18.9 Å². The quantitative estimate of drug-likeness (QED) is 0.834. The molecule has 2 N–H and O–H groups in total. The number of amides is 2. The van der Waals surface area contributed by atoms with E-state index >= 15 is 0 Å². The molecule has 2 amide bonds. The van der Waals surface area contributed by atoms with E-state index in [0.29, 0.717) is 30.3 Å².